The molecule has 2 aromatic rings. The van der Waals surface area contributed by atoms with Crippen molar-refractivity contribution >= 4 is 29.4 Å². The molecule has 0 bridgehead atoms. The van der Waals surface area contributed by atoms with Gasteiger partial charge in [0.2, 0.25) is 5.91 Å². The van der Waals surface area contributed by atoms with Crippen molar-refractivity contribution < 1.29 is 14.3 Å². The molecule has 0 aliphatic heterocycles. The number of anilines is 1. The Hall–Kier alpha value is -2.54. The summed E-state index contributed by atoms with van der Waals surface area (Å²) in [5.74, 6) is 0.600. The lowest BCUT2D eigenvalue weighted by atomic mass is 9.80. The molecule has 1 saturated carbocycles. The zero-order valence-electron chi connectivity index (χ0n) is 15.3. The van der Waals surface area contributed by atoms with E-state index in [1.807, 2.05) is 32.0 Å². The van der Waals surface area contributed by atoms with Gasteiger partial charge in [-0.3, -0.25) is 9.89 Å². The Labute approximate surface area is 162 Å². The number of nitrogens with zero attached hydrogens (tertiary/aromatic N) is 1. The Bertz CT molecular complexity index is 798. The number of alkyl carbamates (subject to hydrolysis) is 1. The Morgan fingerprint density at radius 2 is 2.00 bits per heavy atom. The van der Waals surface area contributed by atoms with Gasteiger partial charge in [-0.25, -0.2) is 4.79 Å². The van der Waals surface area contributed by atoms with Crippen LogP contribution in [0.15, 0.2) is 30.3 Å². The van der Waals surface area contributed by atoms with Crippen LogP contribution in [-0.2, 0) is 16.1 Å². The molecule has 1 aliphatic carbocycles. The second-order valence-corrected chi connectivity index (χ2v) is 7.46. The molecule has 1 aromatic carbocycles. The smallest absolute Gasteiger partial charge is 0.407 e. The van der Waals surface area contributed by atoms with E-state index in [4.69, 9.17) is 16.3 Å². The lowest BCUT2D eigenvalue weighted by Gasteiger charge is -2.33. The minimum Gasteiger partial charge on any atom is -0.446 e. The van der Waals surface area contributed by atoms with Gasteiger partial charge in [0.05, 0.1) is 0 Å². The Morgan fingerprint density at radius 3 is 2.67 bits per heavy atom. The summed E-state index contributed by atoms with van der Waals surface area (Å²) in [5.41, 5.74) is 1.90. The summed E-state index contributed by atoms with van der Waals surface area (Å²) in [5, 5.41) is 13.2. The SMILES string of the molecule is CC(C)C(=O)Nc1cc([C@H]2C[C@@H](OC(=O)NCc3ccc(Cl)cc3)C2)[nH]n1. The zero-order valence-corrected chi connectivity index (χ0v) is 16.0. The number of nitrogens with one attached hydrogen (secondary N) is 3. The molecular weight excluding hydrogens is 368 g/mol. The summed E-state index contributed by atoms with van der Waals surface area (Å²) in [7, 11) is 0. The molecule has 0 atom stereocenters. The minimum atomic E-state index is -0.428. The number of hydrogen-bond donors (Lipinski definition) is 3. The molecule has 3 N–H and O–H groups in total. The summed E-state index contributed by atoms with van der Waals surface area (Å²) in [6, 6.07) is 9.11. The summed E-state index contributed by atoms with van der Waals surface area (Å²) in [6.45, 7) is 4.05. The van der Waals surface area contributed by atoms with Crippen molar-refractivity contribution in [3.8, 4) is 0 Å². The highest BCUT2D eigenvalue weighted by Gasteiger charge is 2.34. The van der Waals surface area contributed by atoms with Gasteiger partial charge in [0.1, 0.15) is 6.10 Å². The molecule has 1 aliphatic rings. The molecule has 2 amide bonds. The van der Waals surface area contributed by atoms with Crippen molar-refractivity contribution in [2.45, 2.75) is 45.3 Å². The third-order valence-corrected chi connectivity index (χ3v) is 4.78. The number of ether oxygens (including phenoxy) is 1. The molecule has 27 heavy (non-hydrogen) atoms. The second-order valence-electron chi connectivity index (χ2n) is 7.03. The van der Waals surface area contributed by atoms with Crippen LogP contribution in [0.5, 0.6) is 0 Å². The number of aromatic nitrogens is 2. The third kappa shape index (κ3) is 5.23. The first kappa shape index (κ1) is 19.2. The van der Waals surface area contributed by atoms with Crippen LogP contribution in [-0.4, -0.2) is 28.3 Å². The average molecular weight is 391 g/mol. The van der Waals surface area contributed by atoms with Crippen LogP contribution in [0.3, 0.4) is 0 Å². The van der Waals surface area contributed by atoms with Gasteiger partial charge in [-0.05, 0) is 30.5 Å². The average Bonchev–Trinajstić information content (AvgIpc) is 3.05. The highest BCUT2D eigenvalue weighted by Crippen LogP contribution is 2.38. The van der Waals surface area contributed by atoms with Gasteiger partial charge in [-0.15, -0.1) is 0 Å². The van der Waals surface area contributed by atoms with E-state index in [0.29, 0.717) is 17.4 Å². The molecule has 0 saturated heterocycles. The van der Waals surface area contributed by atoms with E-state index in [1.165, 1.54) is 0 Å². The van der Waals surface area contributed by atoms with Gasteiger partial charge in [0, 0.05) is 35.2 Å². The number of carbonyl (C=O) groups is 2. The van der Waals surface area contributed by atoms with Crippen LogP contribution >= 0.6 is 11.6 Å². The van der Waals surface area contributed by atoms with E-state index < -0.39 is 6.09 Å². The number of H-pyrrole nitrogens is 1. The molecule has 7 nitrogen and oxygen atoms in total. The van der Waals surface area contributed by atoms with E-state index >= 15 is 0 Å². The minimum absolute atomic E-state index is 0.0692. The summed E-state index contributed by atoms with van der Waals surface area (Å²) < 4.78 is 5.41. The molecule has 0 spiro atoms. The molecule has 1 heterocycles. The number of amides is 2. The standard InChI is InChI=1S/C19H23ClN4O3/c1-11(2)18(25)22-17-9-16(23-24-17)13-7-15(8-13)27-19(26)21-10-12-3-5-14(20)6-4-12/h3-6,9,11,13,15H,7-8,10H2,1-2H3,(H,21,26)(H2,22,23,24,25)/t13-,15+. The van der Waals surface area contributed by atoms with Crippen molar-refractivity contribution in [3.05, 3.63) is 46.6 Å². The first-order chi connectivity index (χ1) is 12.9. The number of aromatic amines is 1. The maximum absolute atomic E-state index is 11.9. The molecule has 1 aromatic heterocycles. The predicted octanol–water partition coefficient (Wildman–Crippen LogP) is 3.83. The van der Waals surface area contributed by atoms with Crippen LogP contribution in [0.4, 0.5) is 10.6 Å². The van der Waals surface area contributed by atoms with Gasteiger partial charge >= 0.3 is 6.09 Å². The molecule has 0 unspecified atom stereocenters. The summed E-state index contributed by atoms with van der Waals surface area (Å²) in [4.78, 5) is 23.6. The highest BCUT2D eigenvalue weighted by molar-refractivity contribution is 6.30. The fraction of sp³-hybridized carbons (Fsp3) is 0.421. The van der Waals surface area contributed by atoms with Gasteiger partial charge in [0.15, 0.2) is 5.82 Å². The lowest BCUT2D eigenvalue weighted by molar-refractivity contribution is -0.118. The normalized spacial score (nSPS) is 18.7. The Morgan fingerprint density at radius 1 is 1.30 bits per heavy atom. The van der Waals surface area contributed by atoms with E-state index in [1.54, 1.807) is 12.1 Å². The maximum Gasteiger partial charge on any atom is 0.407 e. The third-order valence-electron chi connectivity index (χ3n) is 4.53. The largest absolute Gasteiger partial charge is 0.446 e. The van der Waals surface area contributed by atoms with Gasteiger partial charge < -0.3 is 15.4 Å². The van der Waals surface area contributed by atoms with E-state index in [9.17, 15) is 9.59 Å². The second kappa shape index (κ2) is 8.43. The molecule has 3 rings (SSSR count). The molecule has 1 fully saturated rings. The van der Waals surface area contributed by atoms with Crippen molar-refractivity contribution in [2.24, 2.45) is 5.92 Å². The van der Waals surface area contributed by atoms with Crippen LogP contribution in [0.25, 0.3) is 0 Å². The topological polar surface area (TPSA) is 96.1 Å². The van der Waals surface area contributed by atoms with Gasteiger partial charge in [-0.2, -0.15) is 5.10 Å². The zero-order chi connectivity index (χ0) is 19.4. The number of hydrogen-bond acceptors (Lipinski definition) is 4. The van der Waals surface area contributed by atoms with E-state index in [-0.39, 0.29) is 23.8 Å². The maximum atomic E-state index is 11.9. The monoisotopic (exact) mass is 390 g/mol. The number of rotatable bonds is 6. The molecular formula is C19H23ClN4O3. The fourth-order valence-corrected chi connectivity index (χ4v) is 2.89. The lowest BCUT2D eigenvalue weighted by Crippen LogP contribution is -2.36. The van der Waals surface area contributed by atoms with Crippen molar-refractivity contribution in [2.75, 3.05) is 5.32 Å². The van der Waals surface area contributed by atoms with E-state index in [2.05, 4.69) is 20.8 Å². The quantitative estimate of drug-likeness (QED) is 0.698. The first-order valence-corrected chi connectivity index (χ1v) is 9.33. The summed E-state index contributed by atoms with van der Waals surface area (Å²) >= 11 is 5.83. The van der Waals surface area contributed by atoms with Gasteiger partial charge in [0.25, 0.3) is 0 Å². The van der Waals surface area contributed by atoms with E-state index in [0.717, 1.165) is 24.1 Å². The van der Waals surface area contributed by atoms with Gasteiger partial charge in [-0.1, -0.05) is 37.6 Å². The van der Waals surface area contributed by atoms with Crippen LogP contribution in [0.1, 0.15) is 43.9 Å². The highest BCUT2D eigenvalue weighted by atomic mass is 35.5. The number of benzene rings is 1. The Kier molecular flexibility index (Phi) is 6.01. The van der Waals surface area contributed by atoms with Crippen molar-refractivity contribution in [1.82, 2.24) is 15.5 Å². The Balaban J connectivity index is 1.39. The van der Waals surface area contributed by atoms with Crippen molar-refractivity contribution in [3.63, 3.8) is 0 Å². The number of halogens is 1. The summed E-state index contributed by atoms with van der Waals surface area (Å²) in [6.07, 6.45) is 0.919. The predicted molar refractivity (Wildman–Crippen MR) is 103 cm³/mol. The van der Waals surface area contributed by atoms with Crippen LogP contribution < -0.4 is 10.6 Å². The molecule has 144 valence electrons. The molecule has 0 radical (unpaired) electrons. The first-order valence-electron chi connectivity index (χ1n) is 8.96. The van der Waals surface area contributed by atoms with Crippen molar-refractivity contribution in [1.29, 1.82) is 0 Å². The number of carbonyl (C=O) groups excluding carboxylic acids is 2. The fourth-order valence-electron chi connectivity index (χ4n) is 2.77. The molecule has 8 heteroatoms. The van der Waals surface area contributed by atoms with Crippen LogP contribution in [0, 0.1) is 5.92 Å². The van der Waals surface area contributed by atoms with Crippen LogP contribution in [0.2, 0.25) is 5.02 Å².